The van der Waals surface area contributed by atoms with Crippen LogP contribution in [0.3, 0.4) is 0 Å². The molecule has 0 saturated heterocycles. The molecule has 4 aromatic rings. The van der Waals surface area contributed by atoms with E-state index in [1.165, 1.54) is 27.8 Å². The van der Waals surface area contributed by atoms with E-state index in [4.69, 9.17) is 23.2 Å². The first-order valence-corrected chi connectivity index (χ1v) is 11.9. The number of rotatable bonds is 6. The average molecular weight is 486 g/mol. The fourth-order valence-corrected chi connectivity index (χ4v) is 4.98. The summed E-state index contributed by atoms with van der Waals surface area (Å²) < 4.78 is 1.40. The van der Waals surface area contributed by atoms with Crippen LogP contribution in [0.1, 0.15) is 31.9 Å². The van der Waals surface area contributed by atoms with Crippen molar-refractivity contribution in [3.8, 4) is 11.1 Å². The molecule has 0 unspecified atom stereocenters. The van der Waals surface area contributed by atoms with Crippen LogP contribution in [0.25, 0.3) is 21.3 Å². The molecule has 0 fully saturated rings. The molecule has 1 amide bonds. The van der Waals surface area contributed by atoms with Crippen LogP contribution < -0.4 is 10.9 Å². The van der Waals surface area contributed by atoms with Gasteiger partial charge in [0.2, 0.25) is 5.91 Å². The van der Waals surface area contributed by atoms with E-state index in [1.54, 1.807) is 18.2 Å². The molecule has 32 heavy (non-hydrogen) atoms. The van der Waals surface area contributed by atoms with Gasteiger partial charge in [0.25, 0.3) is 5.56 Å². The molecule has 5 nitrogen and oxygen atoms in total. The van der Waals surface area contributed by atoms with Crippen molar-refractivity contribution in [1.29, 1.82) is 0 Å². The van der Waals surface area contributed by atoms with Crippen LogP contribution >= 0.6 is 34.5 Å². The Bertz CT molecular complexity index is 1350. The second-order valence-corrected chi connectivity index (χ2v) is 9.08. The van der Waals surface area contributed by atoms with E-state index in [2.05, 4.69) is 29.4 Å². The number of carbonyl (C=O) groups is 1. The maximum absolute atomic E-state index is 13.5. The summed E-state index contributed by atoms with van der Waals surface area (Å²) >= 11 is 13.6. The van der Waals surface area contributed by atoms with E-state index >= 15 is 0 Å². The number of nitrogens with zero attached hydrogens (tertiary/aromatic N) is 2. The van der Waals surface area contributed by atoms with Crippen molar-refractivity contribution < 1.29 is 4.79 Å². The summed E-state index contributed by atoms with van der Waals surface area (Å²) in [5.74, 6) is -0.343. The Hall–Kier alpha value is -2.67. The zero-order valence-electron chi connectivity index (χ0n) is 17.6. The number of aromatic nitrogens is 2. The molecule has 2 aromatic carbocycles. The van der Waals surface area contributed by atoms with Gasteiger partial charge in [0, 0.05) is 16.0 Å². The van der Waals surface area contributed by atoms with Crippen LogP contribution in [-0.4, -0.2) is 15.5 Å². The summed E-state index contributed by atoms with van der Waals surface area (Å²) in [5, 5.41) is 6.08. The SMILES string of the molecule is CCc1ccc(-c2csc3ncn([C@@H](CC)C(=O)Nc4ccc(Cl)cc4Cl)c(=O)c23)cc1. The normalized spacial score (nSPS) is 12.1. The predicted octanol–water partition coefficient (Wildman–Crippen LogP) is 6.58. The zero-order chi connectivity index (χ0) is 22.8. The van der Waals surface area contributed by atoms with Gasteiger partial charge in [0.1, 0.15) is 10.9 Å². The number of fused-ring (bicyclic) bond motifs is 1. The first kappa shape index (κ1) is 22.5. The summed E-state index contributed by atoms with van der Waals surface area (Å²) in [5.41, 5.74) is 3.21. The van der Waals surface area contributed by atoms with E-state index in [-0.39, 0.29) is 11.5 Å². The van der Waals surface area contributed by atoms with Gasteiger partial charge in [0.15, 0.2) is 0 Å². The maximum atomic E-state index is 13.5. The van der Waals surface area contributed by atoms with Gasteiger partial charge in [-0.1, -0.05) is 61.3 Å². The van der Waals surface area contributed by atoms with Crippen LogP contribution in [0.5, 0.6) is 0 Å². The van der Waals surface area contributed by atoms with Gasteiger partial charge in [0.05, 0.1) is 22.4 Å². The lowest BCUT2D eigenvalue weighted by Crippen LogP contribution is -2.33. The van der Waals surface area contributed by atoms with Crippen molar-refractivity contribution in [3.05, 3.63) is 80.1 Å². The van der Waals surface area contributed by atoms with E-state index in [1.807, 2.05) is 24.4 Å². The molecule has 164 valence electrons. The van der Waals surface area contributed by atoms with Gasteiger partial charge in [-0.3, -0.25) is 14.2 Å². The summed E-state index contributed by atoms with van der Waals surface area (Å²) in [6, 6.07) is 12.3. The second-order valence-electron chi connectivity index (χ2n) is 7.37. The third-order valence-electron chi connectivity index (χ3n) is 5.41. The lowest BCUT2D eigenvalue weighted by Gasteiger charge is -2.18. The molecule has 2 heterocycles. The topological polar surface area (TPSA) is 64.0 Å². The van der Waals surface area contributed by atoms with Gasteiger partial charge in [-0.25, -0.2) is 4.98 Å². The minimum Gasteiger partial charge on any atom is -0.323 e. The molecule has 0 saturated carbocycles. The molecule has 2 aromatic heterocycles. The van der Waals surface area contributed by atoms with Crippen LogP contribution in [0, 0.1) is 0 Å². The third kappa shape index (κ3) is 4.31. The van der Waals surface area contributed by atoms with Crippen molar-refractivity contribution in [3.63, 3.8) is 0 Å². The van der Waals surface area contributed by atoms with Crippen LogP contribution in [-0.2, 0) is 11.2 Å². The van der Waals surface area contributed by atoms with Crippen molar-refractivity contribution in [2.45, 2.75) is 32.7 Å². The van der Waals surface area contributed by atoms with Crippen molar-refractivity contribution >= 4 is 56.3 Å². The summed E-state index contributed by atoms with van der Waals surface area (Å²) in [6.45, 7) is 3.95. The summed E-state index contributed by atoms with van der Waals surface area (Å²) in [7, 11) is 0. The smallest absolute Gasteiger partial charge is 0.263 e. The first-order valence-electron chi connectivity index (χ1n) is 10.3. The van der Waals surface area contributed by atoms with E-state index < -0.39 is 6.04 Å². The Morgan fingerprint density at radius 2 is 1.91 bits per heavy atom. The number of halogens is 2. The van der Waals surface area contributed by atoms with Crippen molar-refractivity contribution in [2.75, 3.05) is 5.32 Å². The van der Waals surface area contributed by atoms with Crippen molar-refractivity contribution in [1.82, 2.24) is 9.55 Å². The third-order valence-corrected chi connectivity index (χ3v) is 6.84. The van der Waals surface area contributed by atoms with Crippen molar-refractivity contribution in [2.24, 2.45) is 0 Å². The Morgan fingerprint density at radius 1 is 1.16 bits per heavy atom. The lowest BCUT2D eigenvalue weighted by atomic mass is 10.0. The summed E-state index contributed by atoms with van der Waals surface area (Å²) in [4.78, 5) is 31.6. The Labute approximate surface area is 199 Å². The number of nitrogens with one attached hydrogen (secondary N) is 1. The number of benzene rings is 2. The van der Waals surface area contributed by atoms with Gasteiger partial charge in [-0.05, 0) is 42.2 Å². The number of amides is 1. The standard InChI is InChI=1S/C24H21Cl2N3O2S/c1-3-14-5-7-15(8-6-14)17-12-32-23-21(17)24(31)29(13-27-23)20(4-2)22(30)28-19-10-9-16(25)11-18(19)26/h5-13,20H,3-4H2,1-2H3,(H,28,30)/t20-/m0/s1. The number of hydrogen-bond acceptors (Lipinski definition) is 4. The number of hydrogen-bond donors (Lipinski definition) is 1. The highest BCUT2D eigenvalue weighted by molar-refractivity contribution is 7.17. The molecule has 1 N–H and O–H groups in total. The highest BCUT2D eigenvalue weighted by Crippen LogP contribution is 2.31. The fourth-order valence-electron chi connectivity index (χ4n) is 3.62. The van der Waals surface area contributed by atoms with Gasteiger partial charge in [-0.15, -0.1) is 11.3 Å². The van der Waals surface area contributed by atoms with Crippen LogP contribution in [0.4, 0.5) is 5.69 Å². The number of thiophene rings is 1. The highest BCUT2D eigenvalue weighted by atomic mass is 35.5. The first-order chi connectivity index (χ1) is 15.4. The monoisotopic (exact) mass is 485 g/mol. The van der Waals surface area contributed by atoms with Crippen LogP contribution in [0.2, 0.25) is 10.0 Å². The number of aryl methyl sites for hydroxylation is 1. The van der Waals surface area contributed by atoms with E-state index in [0.29, 0.717) is 32.4 Å². The predicted molar refractivity (Wildman–Crippen MR) is 133 cm³/mol. The van der Waals surface area contributed by atoms with Gasteiger partial charge >= 0.3 is 0 Å². The molecule has 0 radical (unpaired) electrons. The van der Waals surface area contributed by atoms with Gasteiger partial charge in [-0.2, -0.15) is 0 Å². The minimum absolute atomic E-state index is 0.241. The Balaban J connectivity index is 1.73. The molecule has 0 aliphatic rings. The highest BCUT2D eigenvalue weighted by Gasteiger charge is 2.23. The molecule has 0 bridgehead atoms. The molecule has 0 spiro atoms. The Morgan fingerprint density at radius 3 is 2.56 bits per heavy atom. The van der Waals surface area contributed by atoms with Crippen LogP contribution in [0.15, 0.2) is 59.0 Å². The number of anilines is 1. The number of carbonyl (C=O) groups excluding carboxylic acids is 1. The molecule has 1 atom stereocenters. The average Bonchev–Trinajstić information content (AvgIpc) is 3.23. The minimum atomic E-state index is -0.735. The quantitative estimate of drug-likeness (QED) is 0.335. The molecular weight excluding hydrogens is 465 g/mol. The molecular formula is C24H21Cl2N3O2S. The molecule has 0 aliphatic carbocycles. The van der Waals surface area contributed by atoms with Gasteiger partial charge < -0.3 is 5.32 Å². The fraction of sp³-hybridized carbons (Fsp3) is 0.208. The lowest BCUT2D eigenvalue weighted by molar-refractivity contribution is -0.119. The molecule has 0 aliphatic heterocycles. The molecule has 4 rings (SSSR count). The Kier molecular flexibility index (Phi) is 6.65. The van der Waals surface area contributed by atoms with E-state index in [0.717, 1.165) is 17.5 Å². The second kappa shape index (κ2) is 9.45. The molecule has 8 heteroatoms. The maximum Gasteiger partial charge on any atom is 0.263 e. The largest absolute Gasteiger partial charge is 0.323 e. The van der Waals surface area contributed by atoms with E-state index in [9.17, 15) is 9.59 Å². The zero-order valence-corrected chi connectivity index (χ0v) is 19.9. The summed E-state index contributed by atoms with van der Waals surface area (Å²) in [6.07, 6.45) is 2.81.